The van der Waals surface area contributed by atoms with E-state index in [-0.39, 0.29) is 0 Å². The largest absolute Gasteiger partial charge is 0.237 e. The van der Waals surface area contributed by atoms with Crippen LogP contribution in [0.4, 0.5) is 0 Å². The Balaban J connectivity index is 2.54. The van der Waals surface area contributed by atoms with Gasteiger partial charge in [-0.15, -0.1) is 0 Å². The molecule has 0 aliphatic rings. The van der Waals surface area contributed by atoms with E-state index >= 15 is 0 Å². The number of hydrogen-bond acceptors (Lipinski definition) is 1. The van der Waals surface area contributed by atoms with E-state index < -0.39 is 0 Å². The molecule has 0 N–H and O–H groups in total. The molecule has 0 aliphatic heterocycles. The van der Waals surface area contributed by atoms with E-state index in [1.54, 1.807) is 0 Å². The first-order valence-electron chi connectivity index (χ1n) is 4.48. The lowest BCUT2D eigenvalue weighted by atomic mass is 10.2. The Morgan fingerprint density at radius 3 is 2.79 bits per heavy atom. The van der Waals surface area contributed by atoms with Gasteiger partial charge in [0.15, 0.2) is 0 Å². The Labute approximate surface area is 91.7 Å². The molecular formula is C11H11BrN2. The fourth-order valence-electron chi connectivity index (χ4n) is 1.45. The molecule has 1 heterocycles. The molecule has 1 aromatic heterocycles. The average molecular weight is 251 g/mol. The number of nitrogens with zero attached hydrogens (tertiary/aromatic N) is 2. The molecule has 2 aromatic rings. The van der Waals surface area contributed by atoms with Crippen molar-refractivity contribution in [1.82, 2.24) is 9.78 Å². The van der Waals surface area contributed by atoms with E-state index in [0.29, 0.717) is 0 Å². The van der Waals surface area contributed by atoms with Gasteiger partial charge in [-0.3, -0.25) is 0 Å². The van der Waals surface area contributed by atoms with Crippen molar-refractivity contribution in [2.45, 2.75) is 12.3 Å². The highest BCUT2D eigenvalue weighted by Crippen LogP contribution is 2.16. The summed E-state index contributed by atoms with van der Waals surface area (Å²) in [5.41, 5.74) is 3.55. The number of hydrogen-bond donors (Lipinski definition) is 0. The third-order valence-corrected chi connectivity index (χ3v) is 2.78. The molecule has 72 valence electrons. The van der Waals surface area contributed by atoms with Crippen molar-refractivity contribution < 1.29 is 0 Å². The van der Waals surface area contributed by atoms with Crippen LogP contribution in [0.25, 0.3) is 5.69 Å². The minimum atomic E-state index is 0.821. The summed E-state index contributed by atoms with van der Waals surface area (Å²) in [6, 6.07) is 10.3. The van der Waals surface area contributed by atoms with E-state index in [1.165, 1.54) is 11.3 Å². The van der Waals surface area contributed by atoms with Crippen molar-refractivity contribution in [2.24, 2.45) is 0 Å². The minimum Gasteiger partial charge on any atom is -0.237 e. The highest BCUT2D eigenvalue weighted by Gasteiger charge is 2.04. The van der Waals surface area contributed by atoms with E-state index in [9.17, 15) is 0 Å². The SMILES string of the molecule is Cc1ccccc1-n1nccc1CBr. The van der Waals surface area contributed by atoms with E-state index in [1.807, 2.05) is 29.1 Å². The van der Waals surface area contributed by atoms with Crippen LogP contribution in [-0.2, 0) is 5.33 Å². The fraction of sp³-hybridized carbons (Fsp3) is 0.182. The van der Waals surface area contributed by atoms with Crippen molar-refractivity contribution in [1.29, 1.82) is 0 Å². The zero-order valence-corrected chi connectivity index (χ0v) is 9.53. The van der Waals surface area contributed by atoms with E-state index in [4.69, 9.17) is 0 Å². The molecule has 14 heavy (non-hydrogen) atoms. The lowest BCUT2D eigenvalue weighted by Gasteiger charge is -2.07. The van der Waals surface area contributed by atoms with Gasteiger partial charge in [-0.05, 0) is 24.6 Å². The Bertz CT molecular complexity index is 434. The van der Waals surface area contributed by atoms with Crippen LogP contribution in [0.5, 0.6) is 0 Å². The van der Waals surface area contributed by atoms with Crippen LogP contribution >= 0.6 is 15.9 Å². The molecule has 0 saturated carbocycles. The number of para-hydroxylation sites is 1. The van der Waals surface area contributed by atoms with Gasteiger partial charge in [-0.2, -0.15) is 5.10 Å². The third-order valence-electron chi connectivity index (χ3n) is 2.20. The predicted octanol–water partition coefficient (Wildman–Crippen LogP) is 3.08. The maximum absolute atomic E-state index is 4.30. The van der Waals surface area contributed by atoms with Crippen LogP contribution in [0.3, 0.4) is 0 Å². The van der Waals surface area contributed by atoms with E-state index in [2.05, 4.69) is 40.1 Å². The molecule has 3 heteroatoms. The maximum atomic E-state index is 4.30. The molecule has 0 fully saturated rings. The fourth-order valence-corrected chi connectivity index (χ4v) is 1.87. The molecule has 0 unspecified atom stereocenters. The van der Waals surface area contributed by atoms with Gasteiger partial charge in [-0.25, -0.2) is 4.68 Å². The number of aryl methyl sites for hydroxylation is 1. The standard InChI is InChI=1S/C11H11BrN2/c1-9-4-2-3-5-11(9)14-10(8-12)6-7-13-14/h2-7H,8H2,1H3. The molecule has 0 atom stereocenters. The summed E-state index contributed by atoms with van der Waals surface area (Å²) in [5.74, 6) is 0. The van der Waals surface area contributed by atoms with Gasteiger partial charge in [0.2, 0.25) is 0 Å². The first-order valence-corrected chi connectivity index (χ1v) is 5.60. The first-order chi connectivity index (χ1) is 6.83. The summed E-state index contributed by atoms with van der Waals surface area (Å²) < 4.78 is 1.96. The van der Waals surface area contributed by atoms with Crippen molar-refractivity contribution >= 4 is 15.9 Å². The second-order valence-electron chi connectivity index (χ2n) is 3.15. The molecule has 0 spiro atoms. The van der Waals surface area contributed by atoms with Crippen molar-refractivity contribution in [3.05, 3.63) is 47.8 Å². The summed E-state index contributed by atoms with van der Waals surface area (Å²) in [7, 11) is 0. The molecule has 0 radical (unpaired) electrons. The van der Waals surface area contributed by atoms with Crippen molar-refractivity contribution in [3.8, 4) is 5.69 Å². The highest BCUT2D eigenvalue weighted by molar-refractivity contribution is 9.08. The molecular weight excluding hydrogens is 240 g/mol. The molecule has 2 nitrogen and oxygen atoms in total. The normalized spacial score (nSPS) is 10.4. The zero-order chi connectivity index (χ0) is 9.97. The summed E-state index contributed by atoms with van der Waals surface area (Å²) in [5, 5.41) is 5.13. The lowest BCUT2D eigenvalue weighted by molar-refractivity contribution is 0.837. The Hall–Kier alpha value is -1.09. The van der Waals surface area contributed by atoms with Crippen LogP contribution in [0.1, 0.15) is 11.3 Å². The molecule has 0 bridgehead atoms. The van der Waals surface area contributed by atoms with Crippen LogP contribution in [0.2, 0.25) is 0 Å². The van der Waals surface area contributed by atoms with Crippen molar-refractivity contribution in [2.75, 3.05) is 0 Å². The Morgan fingerprint density at radius 2 is 2.07 bits per heavy atom. The van der Waals surface area contributed by atoms with Gasteiger partial charge in [0, 0.05) is 11.5 Å². The molecule has 2 rings (SSSR count). The second-order valence-corrected chi connectivity index (χ2v) is 3.72. The monoisotopic (exact) mass is 250 g/mol. The van der Waals surface area contributed by atoms with Gasteiger partial charge in [0.25, 0.3) is 0 Å². The van der Waals surface area contributed by atoms with Crippen LogP contribution in [0, 0.1) is 6.92 Å². The molecule has 0 aliphatic carbocycles. The topological polar surface area (TPSA) is 17.8 Å². The molecule has 1 aromatic carbocycles. The lowest BCUT2D eigenvalue weighted by Crippen LogP contribution is -2.01. The predicted molar refractivity (Wildman–Crippen MR) is 60.9 cm³/mol. The van der Waals surface area contributed by atoms with Crippen LogP contribution < -0.4 is 0 Å². The quantitative estimate of drug-likeness (QED) is 0.750. The smallest absolute Gasteiger partial charge is 0.0678 e. The maximum Gasteiger partial charge on any atom is 0.0678 e. The summed E-state index contributed by atoms with van der Waals surface area (Å²) >= 11 is 3.45. The summed E-state index contributed by atoms with van der Waals surface area (Å²) in [6.07, 6.45) is 1.82. The van der Waals surface area contributed by atoms with Gasteiger partial charge >= 0.3 is 0 Å². The highest BCUT2D eigenvalue weighted by atomic mass is 79.9. The molecule has 0 amide bonds. The second kappa shape index (κ2) is 3.96. The van der Waals surface area contributed by atoms with Gasteiger partial charge in [0.05, 0.1) is 11.4 Å². The number of halogens is 1. The summed E-state index contributed by atoms with van der Waals surface area (Å²) in [6.45, 7) is 2.09. The van der Waals surface area contributed by atoms with Crippen LogP contribution in [0.15, 0.2) is 36.5 Å². The van der Waals surface area contributed by atoms with Gasteiger partial charge in [0.1, 0.15) is 0 Å². The minimum absolute atomic E-state index is 0.821. The third kappa shape index (κ3) is 1.60. The molecule has 0 saturated heterocycles. The number of rotatable bonds is 2. The first kappa shape index (κ1) is 9.46. The Morgan fingerprint density at radius 1 is 1.29 bits per heavy atom. The zero-order valence-electron chi connectivity index (χ0n) is 7.94. The average Bonchev–Trinajstić information content (AvgIpc) is 2.66. The Kier molecular flexibility index (Phi) is 2.68. The summed E-state index contributed by atoms with van der Waals surface area (Å²) in [4.78, 5) is 0. The van der Waals surface area contributed by atoms with Gasteiger partial charge < -0.3 is 0 Å². The van der Waals surface area contributed by atoms with Crippen molar-refractivity contribution in [3.63, 3.8) is 0 Å². The van der Waals surface area contributed by atoms with E-state index in [0.717, 1.165) is 11.0 Å². The van der Waals surface area contributed by atoms with Gasteiger partial charge in [-0.1, -0.05) is 34.1 Å². The number of benzene rings is 1. The number of aromatic nitrogens is 2. The number of alkyl halides is 1. The van der Waals surface area contributed by atoms with Crippen LogP contribution in [-0.4, -0.2) is 9.78 Å².